The van der Waals surface area contributed by atoms with Gasteiger partial charge < -0.3 is 15.8 Å². The number of ether oxygens (including phenoxy) is 1. The summed E-state index contributed by atoms with van der Waals surface area (Å²) in [5, 5.41) is 8.11. The molecule has 1 fully saturated rings. The molecule has 3 heterocycles. The number of nitrogens with one attached hydrogen (secondary N) is 1. The van der Waals surface area contributed by atoms with Crippen molar-refractivity contribution in [2.75, 3.05) is 12.3 Å². The van der Waals surface area contributed by atoms with Crippen molar-refractivity contribution < 1.29 is 4.74 Å². The van der Waals surface area contributed by atoms with Crippen LogP contribution >= 0.6 is 0 Å². The molecule has 1 aliphatic heterocycles. The van der Waals surface area contributed by atoms with Crippen LogP contribution in [0.25, 0.3) is 5.65 Å². The minimum absolute atomic E-state index is 0.0686. The van der Waals surface area contributed by atoms with E-state index in [9.17, 15) is 0 Å². The van der Waals surface area contributed by atoms with Crippen LogP contribution < -0.4 is 15.8 Å². The SMILES string of the molecule is CCC[C@H](C)Oc1nc(N)c2ncc(CC3CCNC(C)(C)C3)n2n1. The number of nitrogens with two attached hydrogens (primary N) is 1. The molecular formula is C18H30N6O. The molecule has 2 atom stereocenters. The molecule has 138 valence electrons. The molecule has 1 unspecified atom stereocenters. The number of imidazole rings is 1. The molecule has 1 aliphatic rings. The lowest BCUT2D eigenvalue weighted by atomic mass is 9.82. The molecule has 25 heavy (non-hydrogen) atoms. The summed E-state index contributed by atoms with van der Waals surface area (Å²) in [5.74, 6) is 0.973. The largest absolute Gasteiger partial charge is 0.459 e. The summed E-state index contributed by atoms with van der Waals surface area (Å²) in [6.07, 6.45) is 7.19. The van der Waals surface area contributed by atoms with Crippen molar-refractivity contribution in [3.05, 3.63) is 11.9 Å². The summed E-state index contributed by atoms with van der Waals surface area (Å²) < 4.78 is 7.64. The molecule has 1 saturated heterocycles. The number of hydrogen-bond acceptors (Lipinski definition) is 6. The van der Waals surface area contributed by atoms with Crippen LogP contribution in [0.2, 0.25) is 0 Å². The van der Waals surface area contributed by atoms with E-state index in [0.29, 0.717) is 23.4 Å². The lowest BCUT2D eigenvalue weighted by molar-refractivity contribution is 0.189. The highest BCUT2D eigenvalue weighted by Gasteiger charge is 2.28. The van der Waals surface area contributed by atoms with E-state index >= 15 is 0 Å². The van der Waals surface area contributed by atoms with Gasteiger partial charge in [0.2, 0.25) is 0 Å². The van der Waals surface area contributed by atoms with Crippen LogP contribution in [0.5, 0.6) is 6.01 Å². The molecule has 0 bridgehead atoms. The lowest BCUT2D eigenvalue weighted by Crippen LogP contribution is -2.46. The molecule has 2 aromatic heterocycles. The van der Waals surface area contributed by atoms with Gasteiger partial charge in [0.25, 0.3) is 0 Å². The van der Waals surface area contributed by atoms with Gasteiger partial charge in [-0.1, -0.05) is 13.3 Å². The van der Waals surface area contributed by atoms with Gasteiger partial charge in [-0.05, 0) is 58.9 Å². The highest BCUT2D eigenvalue weighted by Crippen LogP contribution is 2.27. The second-order valence-electron chi connectivity index (χ2n) is 7.86. The van der Waals surface area contributed by atoms with E-state index in [1.165, 1.54) is 0 Å². The number of aromatic nitrogens is 4. The topological polar surface area (TPSA) is 90.4 Å². The fraction of sp³-hybridized carbons (Fsp3) is 0.722. The third-order valence-electron chi connectivity index (χ3n) is 4.89. The van der Waals surface area contributed by atoms with Crippen LogP contribution in [0.1, 0.15) is 59.1 Å². The van der Waals surface area contributed by atoms with Gasteiger partial charge in [0.1, 0.15) is 0 Å². The van der Waals surface area contributed by atoms with E-state index in [1.807, 2.05) is 17.6 Å². The van der Waals surface area contributed by atoms with Gasteiger partial charge >= 0.3 is 6.01 Å². The summed E-state index contributed by atoms with van der Waals surface area (Å²) in [6.45, 7) is 9.73. The predicted octanol–water partition coefficient (Wildman–Crippen LogP) is 2.59. The Labute approximate surface area is 149 Å². The van der Waals surface area contributed by atoms with Crippen molar-refractivity contribution in [3.63, 3.8) is 0 Å². The average molecular weight is 346 g/mol. The summed E-state index contributed by atoms with van der Waals surface area (Å²) in [7, 11) is 0. The Bertz CT molecular complexity index is 726. The van der Waals surface area contributed by atoms with Gasteiger partial charge in [0, 0.05) is 5.54 Å². The third kappa shape index (κ3) is 4.21. The Morgan fingerprint density at radius 2 is 2.28 bits per heavy atom. The van der Waals surface area contributed by atoms with Crippen LogP contribution in [0, 0.1) is 5.92 Å². The molecule has 3 N–H and O–H groups in total. The highest BCUT2D eigenvalue weighted by atomic mass is 16.5. The van der Waals surface area contributed by atoms with Gasteiger partial charge in [-0.15, -0.1) is 5.10 Å². The number of rotatable bonds is 6. The van der Waals surface area contributed by atoms with Crippen molar-refractivity contribution in [1.82, 2.24) is 24.9 Å². The number of nitrogen functional groups attached to an aromatic ring is 1. The number of fused-ring (bicyclic) bond motifs is 1. The van der Waals surface area contributed by atoms with Gasteiger partial charge in [0.05, 0.1) is 18.0 Å². The first-order valence-corrected chi connectivity index (χ1v) is 9.30. The van der Waals surface area contributed by atoms with Gasteiger partial charge in [0.15, 0.2) is 11.5 Å². The first-order valence-electron chi connectivity index (χ1n) is 9.30. The van der Waals surface area contributed by atoms with Crippen LogP contribution in [0.4, 0.5) is 5.82 Å². The monoisotopic (exact) mass is 346 g/mol. The second kappa shape index (κ2) is 7.15. The van der Waals surface area contributed by atoms with E-state index in [0.717, 1.165) is 44.3 Å². The first kappa shape index (κ1) is 17.9. The zero-order valence-corrected chi connectivity index (χ0v) is 15.7. The lowest BCUT2D eigenvalue weighted by Gasteiger charge is -2.36. The van der Waals surface area contributed by atoms with Crippen molar-refractivity contribution in [2.45, 2.75) is 71.4 Å². The zero-order valence-electron chi connectivity index (χ0n) is 15.7. The van der Waals surface area contributed by atoms with Gasteiger partial charge in [-0.25, -0.2) is 9.50 Å². The van der Waals surface area contributed by atoms with Crippen LogP contribution in [0.15, 0.2) is 6.20 Å². The molecule has 0 saturated carbocycles. The maximum Gasteiger partial charge on any atom is 0.336 e. The average Bonchev–Trinajstić information content (AvgIpc) is 2.90. The summed E-state index contributed by atoms with van der Waals surface area (Å²) in [4.78, 5) is 8.68. The smallest absolute Gasteiger partial charge is 0.336 e. The second-order valence-corrected chi connectivity index (χ2v) is 7.86. The molecule has 7 heteroatoms. The number of piperidine rings is 1. The predicted molar refractivity (Wildman–Crippen MR) is 98.7 cm³/mol. The third-order valence-corrected chi connectivity index (χ3v) is 4.89. The zero-order chi connectivity index (χ0) is 18.0. The minimum Gasteiger partial charge on any atom is -0.459 e. The van der Waals surface area contributed by atoms with Crippen molar-refractivity contribution in [1.29, 1.82) is 0 Å². The maximum atomic E-state index is 6.07. The molecule has 0 aromatic carbocycles. The fourth-order valence-corrected chi connectivity index (χ4v) is 3.74. The van der Waals surface area contributed by atoms with Crippen molar-refractivity contribution >= 4 is 11.5 Å². The number of hydrogen-bond donors (Lipinski definition) is 2. The Balaban J connectivity index is 1.82. The maximum absolute atomic E-state index is 6.07. The molecule has 0 spiro atoms. The van der Waals surface area contributed by atoms with E-state index in [4.69, 9.17) is 10.5 Å². The molecule has 0 amide bonds. The Morgan fingerprint density at radius 3 is 3.00 bits per heavy atom. The molecule has 0 radical (unpaired) electrons. The Hall–Kier alpha value is -1.89. The van der Waals surface area contributed by atoms with Crippen molar-refractivity contribution in [2.24, 2.45) is 5.92 Å². The highest BCUT2D eigenvalue weighted by molar-refractivity contribution is 5.59. The molecule has 0 aliphatic carbocycles. The van der Waals surface area contributed by atoms with E-state index in [1.54, 1.807) is 0 Å². The minimum atomic E-state index is 0.0686. The molecular weight excluding hydrogens is 316 g/mol. The fourth-order valence-electron chi connectivity index (χ4n) is 3.74. The summed E-state index contributed by atoms with van der Waals surface area (Å²) in [6, 6.07) is 0.329. The summed E-state index contributed by atoms with van der Waals surface area (Å²) >= 11 is 0. The van der Waals surface area contributed by atoms with Crippen molar-refractivity contribution in [3.8, 4) is 6.01 Å². The van der Waals surface area contributed by atoms with E-state index < -0.39 is 0 Å². The summed E-state index contributed by atoms with van der Waals surface area (Å²) in [5.41, 5.74) is 7.93. The van der Waals surface area contributed by atoms with Gasteiger partial charge in [-0.2, -0.15) is 4.98 Å². The molecule has 2 aromatic rings. The van der Waals surface area contributed by atoms with E-state index in [-0.39, 0.29) is 11.6 Å². The first-order chi connectivity index (χ1) is 11.9. The quantitative estimate of drug-likeness (QED) is 0.835. The number of nitrogens with zero attached hydrogens (tertiary/aromatic N) is 4. The van der Waals surface area contributed by atoms with Crippen LogP contribution in [-0.4, -0.2) is 37.8 Å². The van der Waals surface area contributed by atoms with Gasteiger partial charge in [-0.3, -0.25) is 0 Å². The van der Waals surface area contributed by atoms with Crippen LogP contribution in [0.3, 0.4) is 0 Å². The van der Waals surface area contributed by atoms with Crippen LogP contribution in [-0.2, 0) is 6.42 Å². The molecule has 7 nitrogen and oxygen atoms in total. The Kier molecular flexibility index (Phi) is 5.13. The molecule has 3 rings (SSSR count). The normalized spacial score (nSPS) is 21.4. The number of anilines is 1. The Morgan fingerprint density at radius 1 is 1.48 bits per heavy atom. The van der Waals surface area contributed by atoms with E-state index in [2.05, 4.69) is 41.2 Å². The standard InChI is InChI=1S/C18H30N6O/c1-5-6-12(2)25-17-22-15(19)16-20-11-14(24(16)23-17)9-13-7-8-21-18(3,4)10-13/h11-13,21H,5-10H2,1-4H3,(H2,19,22,23)/t12-,13?/m0/s1.